The Labute approximate surface area is 150 Å². The highest BCUT2D eigenvalue weighted by Crippen LogP contribution is 2.17. The molecule has 0 N–H and O–H groups in total. The summed E-state index contributed by atoms with van der Waals surface area (Å²) in [5.74, 6) is 0.577. The van der Waals surface area contributed by atoms with Crippen molar-refractivity contribution >= 4 is 38.3 Å². The van der Waals surface area contributed by atoms with Gasteiger partial charge in [-0.3, -0.25) is 4.79 Å². The van der Waals surface area contributed by atoms with Gasteiger partial charge in [0.15, 0.2) is 5.82 Å². The molecule has 0 atom stereocenters. The van der Waals surface area contributed by atoms with Crippen molar-refractivity contribution in [1.82, 2.24) is 14.6 Å². The molecule has 0 aliphatic carbocycles. The Bertz CT molecular complexity index is 1130. The van der Waals surface area contributed by atoms with Crippen molar-refractivity contribution < 1.29 is 0 Å². The topological polar surface area (TPSA) is 47.3 Å². The lowest BCUT2D eigenvalue weighted by molar-refractivity contribution is 0.937. The van der Waals surface area contributed by atoms with E-state index in [1.165, 1.54) is 21.4 Å². The summed E-state index contributed by atoms with van der Waals surface area (Å²) in [7, 11) is 0. The molecule has 0 aliphatic heterocycles. The molecule has 4 nitrogen and oxygen atoms in total. The fourth-order valence-corrected chi connectivity index (χ4v) is 3.54. The minimum atomic E-state index is -0.135. The molecule has 118 valence electrons. The molecule has 0 fully saturated rings. The van der Waals surface area contributed by atoms with Crippen LogP contribution in [0.3, 0.4) is 0 Å². The van der Waals surface area contributed by atoms with E-state index in [0.717, 1.165) is 15.6 Å². The van der Waals surface area contributed by atoms with Gasteiger partial charge in [0.05, 0.1) is 4.53 Å². The van der Waals surface area contributed by atoms with Crippen LogP contribution in [-0.2, 0) is 0 Å². The first kappa shape index (κ1) is 15.2. The zero-order valence-electron chi connectivity index (χ0n) is 12.7. The van der Waals surface area contributed by atoms with Gasteiger partial charge in [-0.05, 0) is 30.7 Å². The Morgan fingerprint density at radius 3 is 2.46 bits per heavy atom. The van der Waals surface area contributed by atoms with Crippen LogP contribution < -0.4 is 10.1 Å². The van der Waals surface area contributed by atoms with Crippen LogP contribution in [0.2, 0.25) is 0 Å². The van der Waals surface area contributed by atoms with Crippen molar-refractivity contribution in [3.8, 4) is 11.4 Å². The van der Waals surface area contributed by atoms with E-state index in [2.05, 4.69) is 26.0 Å². The first-order valence-corrected chi connectivity index (χ1v) is 8.95. The maximum atomic E-state index is 12.5. The molecule has 4 rings (SSSR count). The fraction of sp³-hybridized carbons (Fsp3) is 0.0556. The van der Waals surface area contributed by atoms with Crippen LogP contribution in [0, 0.1) is 6.92 Å². The van der Waals surface area contributed by atoms with E-state index in [-0.39, 0.29) is 5.56 Å². The monoisotopic (exact) mass is 397 g/mol. The van der Waals surface area contributed by atoms with Gasteiger partial charge in [0.2, 0.25) is 4.96 Å². The van der Waals surface area contributed by atoms with Gasteiger partial charge in [0.1, 0.15) is 0 Å². The minimum Gasteiger partial charge on any atom is -0.266 e. The maximum Gasteiger partial charge on any atom is 0.291 e. The zero-order valence-corrected chi connectivity index (χ0v) is 15.1. The highest BCUT2D eigenvalue weighted by molar-refractivity contribution is 9.10. The Morgan fingerprint density at radius 2 is 1.79 bits per heavy atom. The SMILES string of the molecule is Cc1ccc(-c2nc3s/c(=C/c4ccc(Br)cc4)c(=O)n3n2)cc1. The highest BCUT2D eigenvalue weighted by atomic mass is 79.9. The number of nitrogens with zero attached hydrogens (tertiary/aromatic N) is 3. The van der Waals surface area contributed by atoms with Gasteiger partial charge in [0, 0.05) is 10.0 Å². The van der Waals surface area contributed by atoms with E-state index < -0.39 is 0 Å². The molecule has 0 saturated heterocycles. The smallest absolute Gasteiger partial charge is 0.266 e. The van der Waals surface area contributed by atoms with Gasteiger partial charge in [-0.2, -0.15) is 9.50 Å². The van der Waals surface area contributed by atoms with Gasteiger partial charge in [-0.1, -0.05) is 69.2 Å². The molecule has 0 unspecified atom stereocenters. The molecule has 4 aromatic rings. The van der Waals surface area contributed by atoms with Gasteiger partial charge >= 0.3 is 0 Å². The second-order valence-corrected chi connectivity index (χ2v) is 7.39. The predicted molar refractivity (Wildman–Crippen MR) is 100 cm³/mol. The molecule has 6 heteroatoms. The molecule has 24 heavy (non-hydrogen) atoms. The number of aryl methyl sites for hydroxylation is 1. The maximum absolute atomic E-state index is 12.5. The Morgan fingerprint density at radius 1 is 1.08 bits per heavy atom. The van der Waals surface area contributed by atoms with E-state index in [4.69, 9.17) is 0 Å². The van der Waals surface area contributed by atoms with E-state index >= 15 is 0 Å². The van der Waals surface area contributed by atoms with Crippen molar-refractivity contribution in [2.75, 3.05) is 0 Å². The molecule has 2 heterocycles. The molecule has 2 aromatic heterocycles. The van der Waals surface area contributed by atoms with E-state index in [1.54, 1.807) is 0 Å². The van der Waals surface area contributed by atoms with E-state index in [1.807, 2.05) is 61.5 Å². The molecule has 0 saturated carbocycles. The third-order valence-corrected chi connectivity index (χ3v) is 5.15. The number of hydrogen-bond acceptors (Lipinski definition) is 4. The van der Waals surface area contributed by atoms with Crippen LogP contribution in [0.1, 0.15) is 11.1 Å². The quantitative estimate of drug-likeness (QED) is 0.520. The van der Waals surface area contributed by atoms with Crippen LogP contribution in [-0.4, -0.2) is 14.6 Å². The molecular weight excluding hydrogens is 386 g/mol. The van der Waals surface area contributed by atoms with Crippen LogP contribution in [0.25, 0.3) is 22.4 Å². The number of thiazole rings is 1. The lowest BCUT2D eigenvalue weighted by Crippen LogP contribution is -2.23. The Balaban J connectivity index is 1.79. The van der Waals surface area contributed by atoms with Crippen LogP contribution >= 0.6 is 27.3 Å². The second-order valence-electron chi connectivity index (χ2n) is 5.46. The van der Waals surface area contributed by atoms with Crippen LogP contribution in [0.5, 0.6) is 0 Å². The number of aromatic nitrogens is 3. The standard InChI is InChI=1S/C18H12BrN3OS/c1-11-2-6-13(7-3-11)16-20-18-22(21-16)17(23)15(24-18)10-12-4-8-14(19)9-5-12/h2-10H,1H3/b15-10+. The molecular formula is C18H12BrN3OS. The summed E-state index contributed by atoms with van der Waals surface area (Å²) in [5, 5.41) is 4.36. The van der Waals surface area contributed by atoms with Gasteiger partial charge in [-0.25, -0.2) is 0 Å². The third-order valence-electron chi connectivity index (χ3n) is 3.66. The lowest BCUT2D eigenvalue weighted by Gasteiger charge is -1.95. The Kier molecular flexibility index (Phi) is 3.78. The van der Waals surface area contributed by atoms with Crippen LogP contribution in [0.4, 0.5) is 0 Å². The predicted octanol–water partition coefficient (Wildman–Crippen LogP) is 3.44. The van der Waals surface area contributed by atoms with Crippen LogP contribution in [0.15, 0.2) is 57.8 Å². The average molecular weight is 398 g/mol. The fourth-order valence-electron chi connectivity index (χ4n) is 2.37. The highest BCUT2D eigenvalue weighted by Gasteiger charge is 2.11. The lowest BCUT2D eigenvalue weighted by atomic mass is 10.1. The van der Waals surface area contributed by atoms with Crippen molar-refractivity contribution in [2.24, 2.45) is 0 Å². The summed E-state index contributed by atoms with van der Waals surface area (Å²) in [6.45, 7) is 2.03. The van der Waals surface area contributed by atoms with Crippen molar-refractivity contribution in [2.45, 2.75) is 6.92 Å². The van der Waals surface area contributed by atoms with Crippen molar-refractivity contribution in [3.63, 3.8) is 0 Å². The number of fused-ring (bicyclic) bond motifs is 1. The molecule has 0 radical (unpaired) electrons. The number of benzene rings is 2. The summed E-state index contributed by atoms with van der Waals surface area (Å²) >= 11 is 4.76. The Hall–Kier alpha value is -2.31. The zero-order chi connectivity index (χ0) is 16.7. The molecule has 0 aliphatic rings. The minimum absolute atomic E-state index is 0.135. The van der Waals surface area contributed by atoms with Crippen molar-refractivity contribution in [3.05, 3.63) is 79.0 Å². The van der Waals surface area contributed by atoms with Gasteiger partial charge in [-0.15, -0.1) is 5.10 Å². The second kappa shape index (κ2) is 5.96. The number of hydrogen-bond donors (Lipinski definition) is 0. The average Bonchev–Trinajstić information content (AvgIpc) is 3.11. The van der Waals surface area contributed by atoms with E-state index in [9.17, 15) is 4.79 Å². The summed E-state index contributed by atoms with van der Waals surface area (Å²) in [4.78, 5) is 17.6. The summed E-state index contributed by atoms with van der Waals surface area (Å²) in [6.07, 6.45) is 1.86. The number of halogens is 1. The summed E-state index contributed by atoms with van der Waals surface area (Å²) < 4.78 is 3.01. The summed E-state index contributed by atoms with van der Waals surface area (Å²) in [5.41, 5.74) is 2.92. The molecule has 0 spiro atoms. The third kappa shape index (κ3) is 2.79. The van der Waals surface area contributed by atoms with Crippen molar-refractivity contribution in [1.29, 1.82) is 0 Å². The first-order valence-electron chi connectivity index (χ1n) is 7.34. The molecule has 0 amide bonds. The van der Waals surface area contributed by atoms with Gasteiger partial charge in [0.25, 0.3) is 5.56 Å². The summed E-state index contributed by atoms with van der Waals surface area (Å²) in [6, 6.07) is 15.8. The molecule has 2 aromatic carbocycles. The first-order chi connectivity index (χ1) is 11.6. The van der Waals surface area contributed by atoms with E-state index in [0.29, 0.717) is 15.3 Å². The number of rotatable bonds is 2. The largest absolute Gasteiger partial charge is 0.291 e. The molecule has 0 bridgehead atoms. The van der Waals surface area contributed by atoms with Gasteiger partial charge < -0.3 is 0 Å². The normalized spacial score (nSPS) is 12.2.